The fraction of sp³-hybridized carbons (Fsp3) is 0.500. The Hall–Kier alpha value is -0.470. The maximum absolute atomic E-state index is 5.94. The molecule has 0 bridgehead atoms. The van der Waals surface area contributed by atoms with E-state index in [1.165, 1.54) is 10.5 Å². The molecule has 0 atom stereocenters. The summed E-state index contributed by atoms with van der Waals surface area (Å²) in [6.07, 6.45) is 4.20. The van der Waals surface area contributed by atoms with E-state index in [9.17, 15) is 0 Å². The van der Waals surface area contributed by atoms with Crippen molar-refractivity contribution >= 4 is 11.8 Å². The molecule has 0 aliphatic rings. The average Bonchev–Trinajstić information content (AvgIpc) is 2.14. The Labute approximate surface area is 91.1 Å². The number of nitrogens with two attached hydrogens (primary N) is 1. The number of aryl methyl sites for hydroxylation is 1. The molecule has 0 aromatic heterocycles. The second-order valence-corrected chi connectivity index (χ2v) is 5.22. The van der Waals surface area contributed by atoms with Gasteiger partial charge in [-0.2, -0.15) is 0 Å². The monoisotopic (exact) mass is 209 g/mol. The fourth-order valence-electron chi connectivity index (χ4n) is 1.26. The Kier molecular flexibility index (Phi) is 4.02. The van der Waals surface area contributed by atoms with Gasteiger partial charge in [-0.1, -0.05) is 12.1 Å². The van der Waals surface area contributed by atoms with Crippen molar-refractivity contribution in [3.8, 4) is 0 Å². The molecule has 2 heteroatoms. The molecule has 0 saturated heterocycles. The van der Waals surface area contributed by atoms with Gasteiger partial charge in [-0.3, -0.25) is 0 Å². The molecule has 2 N–H and O–H groups in total. The van der Waals surface area contributed by atoms with Crippen molar-refractivity contribution < 1.29 is 0 Å². The van der Waals surface area contributed by atoms with Crippen molar-refractivity contribution in [1.82, 2.24) is 0 Å². The molecule has 0 heterocycles. The van der Waals surface area contributed by atoms with E-state index in [4.69, 9.17) is 5.73 Å². The summed E-state index contributed by atoms with van der Waals surface area (Å²) >= 11 is 1.78. The number of rotatable bonds is 4. The smallest absolute Gasteiger partial charge is 0.0100 e. The third-order valence-electron chi connectivity index (χ3n) is 2.22. The molecule has 1 aromatic carbocycles. The molecule has 1 aromatic rings. The second kappa shape index (κ2) is 4.85. The Morgan fingerprint density at radius 1 is 1.21 bits per heavy atom. The van der Waals surface area contributed by atoms with Crippen molar-refractivity contribution in [2.75, 3.05) is 6.26 Å². The molecule has 0 fully saturated rings. The van der Waals surface area contributed by atoms with Gasteiger partial charge in [-0.25, -0.2) is 0 Å². The van der Waals surface area contributed by atoms with Gasteiger partial charge in [0.25, 0.3) is 0 Å². The fourth-order valence-corrected chi connectivity index (χ4v) is 1.67. The molecule has 0 radical (unpaired) electrons. The minimum absolute atomic E-state index is 0.0574. The predicted octanol–water partition coefficient (Wildman–Crippen LogP) is 3.08. The van der Waals surface area contributed by atoms with Gasteiger partial charge in [0.05, 0.1) is 0 Å². The van der Waals surface area contributed by atoms with Crippen LogP contribution in [0.1, 0.15) is 25.8 Å². The summed E-state index contributed by atoms with van der Waals surface area (Å²) in [4.78, 5) is 1.32. The summed E-state index contributed by atoms with van der Waals surface area (Å²) in [6.45, 7) is 4.15. The summed E-state index contributed by atoms with van der Waals surface area (Å²) in [5.41, 5.74) is 7.25. The summed E-state index contributed by atoms with van der Waals surface area (Å²) in [6, 6.07) is 8.72. The molecule has 14 heavy (non-hydrogen) atoms. The van der Waals surface area contributed by atoms with Crippen LogP contribution in [0.4, 0.5) is 0 Å². The first kappa shape index (κ1) is 11.6. The van der Waals surface area contributed by atoms with E-state index in [2.05, 4.69) is 44.4 Å². The van der Waals surface area contributed by atoms with Crippen LogP contribution in [0.5, 0.6) is 0 Å². The predicted molar refractivity (Wildman–Crippen MR) is 64.8 cm³/mol. The largest absolute Gasteiger partial charge is 0.326 e. The lowest BCUT2D eigenvalue weighted by Crippen LogP contribution is -2.32. The average molecular weight is 209 g/mol. The van der Waals surface area contributed by atoms with Crippen LogP contribution >= 0.6 is 11.8 Å². The summed E-state index contributed by atoms with van der Waals surface area (Å²) in [5.74, 6) is 0. The van der Waals surface area contributed by atoms with Crippen LogP contribution in [0.2, 0.25) is 0 Å². The topological polar surface area (TPSA) is 26.0 Å². The van der Waals surface area contributed by atoms with Gasteiger partial charge < -0.3 is 5.73 Å². The molecular formula is C12H19NS. The lowest BCUT2D eigenvalue weighted by atomic mass is 9.97. The molecule has 1 nitrogen and oxygen atoms in total. The van der Waals surface area contributed by atoms with Crippen LogP contribution in [0, 0.1) is 0 Å². The second-order valence-electron chi connectivity index (χ2n) is 4.34. The van der Waals surface area contributed by atoms with Crippen molar-refractivity contribution in [3.63, 3.8) is 0 Å². The van der Waals surface area contributed by atoms with E-state index in [1.807, 2.05) is 0 Å². The van der Waals surface area contributed by atoms with Crippen molar-refractivity contribution in [3.05, 3.63) is 29.8 Å². The minimum atomic E-state index is -0.0574. The van der Waals surface area contributed by atoms with Gasteiger partial charge in [0.15, 0.2) is 0 Å². The third kappa shape index (κ3) is 4.16. The van der Waals surface area contributed by atoms with Gasteiger partial charge >= 0.3 is 0 Å². The highest BCUT2D eigenvalue weighted by Crippen LogP contribution is 2.17. The van der Waals surface area contributed by atoms with Crippen LogP contribution in [0.15, 0.2) is 29.2 Å². The van der Waals surface area contributed by atoms with E-state index >= 15 is 0 Å². The van der Waals surface area contributed by atoms with Gasteiger partial charge in [0.2, 0.25) is 0 Å². The zero-order chi connectivity index (χ0) is 10.6. The van der Waals surface area contributed by atoms with E-state index < -0.39 is 0 Å². The van der Waals surface area contributed by atoms with Gasteiger partial charge in [-0.15, -0.1) is 11.8 Å². The molecule has 0 amide bonds. The number of thioether (sulfide) groups is 1. The highest BCUT2D eigenvalue weighted by Gasteiger charge is 2.09. The maximum Gasteiger partial charge on any atom is 0.0100 e. The highest BCUT2D eigenvalue weighted by atomic mass is 32.2. The quantitative estimate of drug-likeness (QED) is 0.771. The number of benzene rings is 1. The lowest BCUT2D eigenvalue weighted by molar-refractivity contribution is 0.477. The summed E-state index contributed by atoms with van der Waals surface area (Å²) < 4.78 is 0. The first-order chi connectivity index (χ1) is 6.51. The van der Waals surface area contributed by atoms with Crippen molar-refractivity contribution in [2.24, 2.45) is 5.73 Å². The molecular weight excluding hydrogens is 190 g/mol. The van der Waals surface area contributed by atoms with E-state index in [0.717, 1.165) is 12.8 Å². The minimum Gasteiger partial charge on any atom is -0.326 e. The Balaban J connectivity index is 2.52. The standard InChI is InChI=1S/C12H19NS/c1-12(2,13)9-8-10-4-6-11(14-3)7-5-10/h4-7H,8-9,13H2,1-3H3. The Morgan fingerprint density at radius 3 is 2.21 bits per heavy atom. The maximum atomic E-state index is 5.94. The van der Waals surface area contributed by atoms with E-state index in [1.54, 1.807) is 11.8 Å². The SMILES string of the molecule is CSc1ccc(CCC(C)(C)N)cc1. The normalized spacial score (nSPS) is 11.7. The summed E-state index contributed by atoms with van der Waals surface area (Å²) in [7, 11) is 0. The number of hydrogen-bond donors (Lipinski definition) is 1. The third-order valence-corrected chi connectivity index (χ3v) is 2.96. The molecule has 78 valence electrons. The summed E-state index contributed by atoms with van der Waals surface area (Å²) in [5, 5.41) is 0. The van der Waals surface area contributed by atoms with Gasteiger partial charge in [0.1, 0.15) is 0 Å². The first-order valence-corrected chi connectivity index (χ1v) is 6.15. The molecule has 1 rings (SSSR count). The van der Waals surface area contributed by atoms with E-state index in [-0.39, 0.29) is 5.54 Å². The highest BCUT2D eigenvalue weighted by molar-refractivity contribution is 7.98. The van der Waals surface area contributed by atoms with Crippen LogP contribution in [-0.2, 0) is 6.42 Å². The van der Waals surface area contributed by atoms with Crippen LogP contribution in [-0.4, -0.2) is 11.8 Å². The zero-order valence-corrected chi connectivity index (χ0v) is 10.0. The Morgan fingerprint density at radius 2 is 1.79 bits per heavy atom. The molecule has 0 aliphatic carbocycles. The van der Waals surface area contributed by atoms with Crippen molar-refractivity contribution in [2.45, 2.75) is 37.1 Å². The van der Waals surface area contributed by atoms with Crippen LogP contribution < -0.4 is 5.73 Å². The van der Waals surface area contributed by atoms with Gasteiger partial charge in [-0.05, 0) is 50.6 Å². The van der Waals surface area contributed by atoms with E-state index in [0.29, 0.717) is 0 Å². The molecule has 0 aliphatic heterocycles. The van der Waals surface area contributed by atoms with Crippen molar-refractivity contribution in [1.29, 1.82) is 0 Å². The first-order valence-electron chi connectivity index (χ1n) is 4.93. The lowest BCUT2D eigenvalue weighted by Gasteiger charge is -2.17. The van der Waals surface area contributed by atoms with Crippen LogP contribution in [0.25, 0.3) is 0 Å². The van der Waals surface area contributed by atoms with Gasteiger partial charge in [0, 0.05) is 10.4 Å². The number of hydrogen-bond acceptors (Lipinski definition) is 2. The molecule has 0 spiro atoms. The zero-order valence-electron chi connectivity index (χ0n) is 9.21. The molecule has 0 saturated carbocycles. The molecule has 0 unspecified atom stereocenters. The van der Waals surface area contributed by atoms with Crippen LogP contribution in [0.3, 0.4) is 0 Å². The Bertz CT molecular complexity index is 271.